The molecule has 21 heavy (non-hydrogen) atoms. The van der Waals surface area contributed by atoms with Crippen molar-refractivity contribution in [2.45, 2.75) is 77.6 Å². The maximum absolute atomic E-state index is 10.5. The van der Waals surface area contributed by atoms with Gasteiger partial charge in [0.05, 0.1) is 11.9 Å². The van der Waals surface area contributed by atoms with Gasteiger partial charge < -0.3 is 19.8 Å². The van der Waals surface area contributed by atoms with Gasteiger partial charge in [-0.15, -0.1) is 0 Å². The molecule has 0 N–H and O–H groups in total. The molecule has 0 aromatic rings. The number of carboxylic acids is 2. The monoisotopic (exact) mass is 316 g/mol. The first-order valence-electron chi connectivity index (χ1n) is 7.51. The number of unbranched alkanes of at least 4 members (excludes halogenated alkanes) is 9. The number of carbonyl (C=O) groups is 2. The summed E-state index contributed by atoms with van der Waals surface area (Å²) in [6.07, 6.45) is 11.5. The third-order valence-electron chi connectivity index (χ3n) is 3.42. The van der Waals surface area contributed by atoms with Crippen LogP contribution in [0.4, 0.5) is 0 Å². The Morgan fingerprint density at radius 2 is 1.10 bits per heavy atom. The van der Waals surface area contributed by atoms with E-state index >= 15 is 0 Å². The fourth-order valence-electron chi connectivity index (χ4n) is 2.17. The third-order valence-corrected chi connectivity index (χ3v) is 3.42. The number of hydrogen-bond donors (Lipinski definition) is 0. The molecule has 6 heteroatoms. The molecule has 0 heterocycles. The second-order valence-electron chi connectivity index (χ2n) is 5.16. The molecule has 0 saturated heterocycles. The molecule has 0 aliphatic rings. The summed E-state index contributed by atoms with van der Waals surface area (Å²) < 4.78 is 0. The predicted octanol–water partition coefficient (Wildman–Crippen LogP) is -4.58. The molecular weight excluding hydrogens is 290 g/mol. The molecule has 0 amide bonds. The molecule has 0 bridgehead atoms. The van der Waals surface area contributed by atoms with E-state index in [0.29, 0.717) is 6.42 Å². The summed E-state index contributed by atoms with van der Waals surface area (Å²) in [5.41, 5.74) is 0. The van der Waals surface area contributed by atoms with Crippen molar-refractivity contribution in [3.63, 3.8) is 0 Å². The van der Waals surface area contributed by atoms with Crippen LogP contribution in [0.25, 0.3) is 0 Å². The van der Waals surface area contributed by atoms with Gasteiger partial charge in [0.15, 0.2) is 0 Å². The summed E-state index contributed by atoms with van der Waals surface area (Å²) in [4.78, 5) is 21.0. The molecule has 0 aliphatic carbocycles. The first-order chi connectivity index (χ1) is 9.09. The van der Waals surface area contributed by atoms with Gasteiger partial charge in [0, 0.05) is 5.92 Å². The van der Waals surface area contributed by atoms with Gasteiger partial charge >= 0.3 is 70.2 Å². The van der Waals surface area contributed by atoms with Gasteiger partial charge in [0.25, 0.3) is 0 Å². The number of aliphatic carboxylic acids is 2. The number of hydrogen-bond acceptors (Lipinski definition) is 4. The Kier molecular flexibility index (Phi) is 24.8. The molecule has 0 unspecified atom stereocenters. The van der Waals surface area contributed by atoms with Crippen LogP contribution in [0.2, 0.25) is 0 Å². The zero-order valence-electron chi connectivity index (χ0n) is 14.0. The summed E-state index contributed by atoms with van der Waals surface area (Å²) in [5.74, 6) is -4.51. The van der Waals surface area contributed by atoms with Crippen LogP contribution in [0.15, 0.2) is 0 Å². The Bertz CT molecular complexity index is 248. The number of carbonyl (C=O) groups excluding carboxylic acids is 2. The van der Waals surface area contributed by atoms with Crippen molar-refractivity contribution < 1.29 is 90.0 Å². The van der Waals surface area contributed by atoms with Crippen LogP contribution < -0.4 is 80.5 Å². The molecule has 0 aliphatic heterocycles. The van der Waals surface area contributed by atoms with Gasteiger partial charge in [-0.3, -0.25) is 0 Å². The van der Waals surface area contributed by atoms with E-state index in [1.165, 1.54) is 38.5 Å². The molecular formula is C15H26KLiO4. The van der Waals surface area contributed by atoms with Crippen LogP contribution in [0.3, 0.4) is 0 Å². The van der Waals surface area contributed by atoms with Crippen LogP contribution in [-0.2, 0) is 9.59 Å². The summed E-state index contributed by atoms with van der Waals surface area (Å²) >= 11 is 0. The molecule has 0 aromatic carbocycles. The maximum Gasteiger partial charge on any atom is 1.00 e. The van der Waals surface area contributed by atoms with Crippen molar-refractivity contribution in [3.05, 3.63) is 0 Å². The van der Waals surface area contributed by atoms with Crippen LogP contribution in [0.1, 0.15) is 77.6 Å². The maximum atomic E-state index is 10.5. The van der Waals surface area contributed by atoms with Crippen LogP contribution in [-0.4, -0.2) is 11.9 Å². The molecule has 0 spiro atoms. The minimum absolute atomic E-state index is 0. The molecule has 0 aromatic heterocycles. The molecule has 0 fully saturated rings. The van der Waals surface area contributed by atoms with Gasteiger partial charge in [0.1, 0.15) is 0 Å². The Hall–Kier alpha value is 1.17. The van der Waals surface area contributed by atoms with Crippen molar-refractivity contribution in [2.24, 2.45) is 5.92 Å². The van der Waals surface area contributed by atoms with Crippen LogP contribution in [0, 0.1) is 5.92 Å². The van der Waals surface area contributed by atoms with E-state index in [1.54, 1.807) is 0 Å². The van der Waals surface area contributed by atoms with Crippen molar-refractivity contribution in [1.82, 2.24) is 0 Å². The zero-order valence-corrected chi connectivity index (χ0v) is 17.1. The quantitative estimate of drug-likeness (QED) is 0.195. The van der Waals surface area contributed by atoms with E-state index in [9.17, 15) is 19.8 Å². The molecule has 0 saturated carbocycles. The normalized spacial score (nSPS) is 9.81. The van der Waals surface area contributed by atoms with Gasteiger partial charge in [-0.25, -0.2) is 0 Å². The average Bonchev–Trinajstić information content (AvgIpc) is 2.35. The molecule has 0 atom stereocenters. The molecule has 112 valence electrons. The van der Waals surface area contributed by atoms with Crippen molar-refractivity contribution >= 4 is 11.9 Å². The van der Waals surface area contributed by atoms with Crippen LogP contribution in [0.5, 0.6) is 0 Å². The van der Waals surface area contributed by atoms with Crippen molar-refractivity contribution in [2.75, 3.05) is 0 Å². The second-order valence-corrected chi connectivity index (χ2v) is 5.16. The Morgan fingerprint density at radius 1 is 0.762 bits per heavy atom. The minimum Gasteiger partial charge on any atom is -0.549 e. The summed E-state index contributed by atoms with van der Waals surface area (Å²) in [6.45, 7) is 2.20. The topological polar surface area (TPSA) is 80.3 Å². The standard InChI is InChI=1S/C15H28O4.K.Li/c1-2-3-4-5-6-7-8-9-10-11-12-13(14(16)17)15(18)19;;/h13H,2-12H2,1H3,(H,16,17)(H,18,19);;/q;2*+1/p-2. The average molecular weight is 316 g/mol. The van der Waals surface area contributed by atoms with E-state index in [-0.39, 0.29) is 76.7 Å². The molecule has 0 rings (SSSR count). The van der Waals surface area contributed by atoms with E-state index < -0.39 is 17.9 Å². The van der Waals surface area contributed by atoms with E-state index in [2.05, 4.69) is 6.92 Å². The predicted molar refractivity (Wildman–Crippen MR) is 70.0 cm³/mol. The van der Waals surface area contributed by atoms with Gasteiger partial charge in [-0.1, -0.05) is 71.1 Å². The molecule has 4 nitrogen and oxygen atoms in total. The fraction of sp³-hybridized carbons (Fsp3) is 0.867. The second kappa shape index (κ2) is 19.2. The van der Waals surface area contributed by atoms with Gasteiger partial charge in [-0.05, 0) is 6.42 Å². The smallest absolute Gasteiger partial charge is 0.549 e. The van der Waals surface area contributed by atoms with E-state index in [1.807, 2.05) is 0 Å². The van der Waals surface area contributed by atoms with E-state index in [4.69, 9.17) is 0 Å². The van der Waals surface area contributed by atoms with Crippen molar-refractivity contribution in [3.8, 4) is 0 Å². The SMILES string of the molecule is CCCCCCCCCCCCC(C(=O)[O-])C(=O)[O-].[K+].[Li+]. The first kappa shape index (κ1) is 27.0. The largest absolute Gasteiger partial charge is 1.00 e. The zero-order chi connectivity index (χ0) is 14.5. The molecule has 0 radical (unpaired) electrons. The van der Waals surface area contributed by atoms with Gasteiger partial charge in [-0.2, -0.15) is 0 Å². The Balaban J connectivity index is -0.00000162. The number of carboxylic acid groups (broad SMARTS) is 2. The third kappa shape index (κ3) is 17.4. The Morgan fingerprint density at radius 3 is 1.43 bits per heavy atom. The van der Waals surface area contributed by atoms with Crippen LogP contribution >= 0.6 is 0 Å². The number of rotatable bonds is 13. The van der Waals surface area contributed by atoms with Gasteiger partial charge in [0.2, 0.25) is 0 Å². The van der Waals surface area contributed by atoms with Crippen molar-refractivity contribution in [1.29, 1.82) is 0 Å². The van der Waals surface area contributed by atoms with E-state index in [0.717, 1.165) is 19.3 Å². The summed E-state index contributed by atoms with van der Waals surface area (Å²) in [6, 6.07) is 0. The fourth-order valence-corrected chi connectivity index (χ4v) is 2.17. The summed E-state index contributed by atoms with van der Waals surface area (Å²) in [5, 5.41) is 21.0. The Labute approximate surface area is 183 Å². The minimum atomic E-state index is -1.53. The summed E-state index contributed by atoms with van der Waals surface area (Å²) in [7, 11) is 0. The first-order valence-corrected chi connectivity index (χ1v) is 7.51.